The van der Waals surface area contributed by atoms with Crippen LogP contribution in [0.5, 0.6) is 0 Å². The first-order valence-electron chi connectivity index (χ1n) is 7.37. The van der Waals surface area contributed by atoms with E-state index in [0.717, 1.165) is 23.8 Å². The van der Waals surface area contributed by atoms with E-state index in [1.165, 1.54) is 0 Å². The van der Waals surface area contributed by atoms with Gasteiger partial charge in [-0.1, -0.05) is 20.8 Å². The van der Waals surface area contributed by atoms with E-state index in [4.69, 9.17) is 0 Å². The highest BCUT2D eigenvalue weighted by Crippen LogP contribution is 2.22. The largest absolute Gasteiger partial charge is 0.370 e. The van der Waals surface area contributed by atoms with Crippen molar-refractivity contribution >= 4 is 21.5 Å². The van der Waals surface area contributed by atoms with Crippen LogP contribution in [0.3, 0.4) is 0 Å². The van der Waals surface area contributed by atoms with Gasteiger partial charge in [-0.05, 0) is 13.8 Å². The van der Waals surface area contributed by atoms with Gasteiger partial charge < -0.3 is 10.6 Å². The molecular formula is C14H26N4O2S. The molecule has 2 N–H and O–H groups in total. The molecule has 0 fully saturated rings. The molecule has 0 radical (unpaired) electrons. The summed E-state index contributed by atoms with van der Waals surface area (Å²) in [7, 11) is -2.97. The fourth-order valence-corrected chi connectivity index (χ4v) is 2.47. The monoisotopic (exact) mass is 314 g/mol. The summed E-state index contributed by atoms with van der Waals surface area (Å²) in [5.74, 6) is 2.74. The molecule has 0 unspecified atom stereocenters. The van der Waals surface area contributed by atoms with Crippen molar-refractivity contribution in [2.75, 3.05) is 35.2 Å². The summed E-state index contributed by atoms with van der Waals surface area (Å²) in [6.45, 7) is 10.8. The molecule has 0 saturated heterocycles. The van der Waals surface area contributed by atoms with E-state index < -0.39 is 9.84 Å². The standard InChI is InChI=1S/C14H26N4O2S/c1-6-15-13-11(5)14(18-12(17-13)10(3)4)16-8-9-21(19,20)7-2/h10H,6-9H2,1-5H3,(H2,15,16,17,18). The van der Waals surface area contributed by atoms with Crippen LogP contribution >= 0.6 is 0 Å². The van der Waals surface area contributed by atoms with Crippen molar-refractivity contribution in [3.63, 3.8) is 0 Å². The van der Waals surface area contributed by atoms with Crippen LogP contribution in [0.2, 0.25) is 0 Å². The molecule has 0 atom stereocenters. The van der Waals surface area contributed by atoms with Gasteiger partial charge in [-0.25, -0.2) is 18.4 Å². The second kappa shape index (κ2) is 7.59. The summed E-state index contributed by atoms with van der Waals surface area (Å²) in [4.78, 5) is 9.02. The minimum absolute atomic E-state index is 0.112. The molecule has 0 saturated carbocycles. The highest BCUT2D eigenvalue weighted by atomic mass is 32.2. The first kappa shape index (κ1) is 17.7. The third-order valence-corrected chi connectivity index (χ3v) is 4.87. The Morgan fingerprint density at radius 3 is 2.14 bits per heavy atom. The van der Waals surface area contributed by atoms with Crippen molar-refractivity contribution in [1.82, 2.24) is 9.97 Å². The summed E-state index contributed by atoms with van der Waals surface area (Å²) in [5.41, 5.74) is 0.912. The first-order valence-corrected chi connectivity index (χ1v) is 9.19. The molecule has 1 rings (SSSR count). The van der Waals surface area contributed by atoms with Gasteiger partial charge in [0.25, 0.3) is 0 Å². The normalized spacial score (nSPS) is 11.7. The number of sulfone groups is 1. The lowest BCUT2D eigenvalue weighted by Crippen LogP contribution is -2.19. The van der Waals surface area contributed by atoms with Crippen LogP contribution in [-0.4, -0.2) is 43.0 Å². The average Bonchev–Trinajstić information content (AvgIpc) is 2.42. The third kappa shape index (κ3) is 5.15. The van der Waals surface area contributed by atoms with E-state index >= 15 is 0 Å². The smallest absolute Gasteiger partial charge is 0.151 e. The van der Waals surface area contributed by atoms with Gasteiger partial charge in [0, 0.05) is 30.3 Å². The Hall–Kier alpha value is -1.37. The van der Waals surface area contributed by atoms with Crippen molar-refractivity contribution < 1.29 is 8.42 Å². The predicted octanol–water partition coefficient (Wildman–Crippen LogP) is 2.19. The lowest BCUT2D eigenvalue weighted by Gasteiger charge is -2.15. The predicted molar refractivity (Wildman–Crippen MR) is 87.8 cm³/mol. The number of hydrogen-bond donors (Lipinski definition) is 2. The molecule has 7 heteroatoms. The zero-order valence-corrected chi connectivity index (χ0v) is 14.3. The highest BCUT2D eigenvalue weighted by molar-refractivity contribution is 7.91. The van der Waals surface area contributed by atoms with Gasteiger partial charge in [0.15, 0.2) is 9.84 Å². The minimum atomic E-state index is -2.97. The summed E-state index contributed by atoms with van der Waals surface area (Å²) in [6.07, 6.45) is 0. The fourth-order valence-electron chi connectivity index (χ4n) is 1.77. The van der Waals surface area contributed by atoms with Crippen LogP contribution in [0.1, 0.15) is 45.0 Å². The van der Waals surface area contributed by atoms with Crippen molar-refractivity contribution in [2.24, 2.45) is 0 Å². The zero-order valence-electron chi connectivity index (χ0n) is 13.5. The topological polar surface area (TPSA) is 84.0 Å². The second-order valence-corrected chi connectivity index (χ2v) is 7.72. The number of aromatic nitrogens is 2. The van der Waals surface area contributed by atoms with E-state index in [0.29, 0.717) is 12.4 Å². The van der Waals surface area contributed by atoms with Crippen LogP contribution in [-0.2, 0) is 9.84 Å². The maximum atomic E-state index is 11.5. The van der Waals surface area contributed by atoms with Crippen LogP contribution in [0.25, 0.3) is 0 Å². The van der Waals surface area contributed by atoms with Crippen molar-refractivity contribution in [1.29, 1.82) is 0 Å². The van der Waals surface area contributed by atoms with Gasteiger partial charge in [-0.15, -0.1) is 0 Å². The molecule has 0 amide bonds. The summed E-state index contributed by atoms with van der Waals surface area (Å²) in [5, 5.41) is 6.35. The number of nitrogens with one attached hydrogen (secondary N) is 2. The molecule has 1 aromatic heterocycles. The molecule has 0 aliphatic heterocycles. The molecule has 6 nitrogen and oxygen atoms in total. The van der Waals surface area contributed by atoms with Crippen LogP contribution in [0, 0.1) is 6.92 Å². The van der Waals surface area contributed by atoms with Crippen LogP contribution < -0.4 is 10.6 Å². The zero-order chi connectivity index (χ0) is 16.0. The molecule has 1 aromatic rings. The maximum Gasteiger partial charge on any atom is 0.151 e. The Morgan fingerprint density at radius 1 is 1.10 bits per heavy atom. The van der Waals surface area contributed by atoms with Crippen molar-refractivity contribution in [3.05, 3.63) is 11.4 Å². The molecule has 0 bridgehead atoms. The van der Waals surface area contributed by atoms with E-state index in [1.54, 1.807) is 6.92 Å². The molecule has 120 valence electrons. The number of nitrogens with zero attached hydrogens (tertiary/aromatic N) is 2. The van der Waals surface area contributed by atoms with Gasteiger partial charge >= 0.3 is 0 Å². The molecular weight excluding hydrogens is 288 g/mol. The molecule has 0 aliphatic rings. The van der Waals surface area contributed by atoms with Crippen LogP contribution in [0.4, 0.5) is 11.6 Å². The number of rotatable bonds is 8. The molecule has 0 aliphatic carbocycles. The third-order valence-electron chi connectivity index (χ3n) is 3.17. The lowest BCUT2D eigenvalue weighted by atomic mass is 10.2. The lowest BCUT2D eigenvalue weighted by molar-refractivity contribution is 0.597. The second-order valence-electron chi connectivity index (χ2n) is 5.25. The first-order chi connectivity index (χ1) is 9.80. The Bertz CT molecular complexity index is 571. The summed E-state index contributed by atoms with van der Waals surface area (Å²) >= 11 is 0. The molecule has 0 spiro atoms. The Balaban J connectivity index is 2.94. The molecule has 21 heavy (non-hydrogen) atoms. The number of anilines is 2. The molecule has 1 heterocycles. The van der Waals surface area contributed by atoms with Gasteiger partial charge in [-0.3, -0.25) is 0 Å². The summed E-state index contributed by atoms with van der Waals surface area (Å²) < 4.78 is 23.1. The Kier molecular flexibility index (Phi) is 6.39. The van der Waals surface area contributed by atoms with Gasteiger partial charge in [0.2, 0.25) is 0 Å². The van der Waals surface area contributed by atoms with E-state index in [1.807, 2.05) is 27.7 Å². The highest BCUT2D eigenvalue weighted by Gasteiger charge is 2.13. The van der Waals surface area contributed by atoms with Gasteiger partial charge in [0.05, 0.1) is 5.75 Å². The quantitative estimate of drug-likeness (QED) is 0.765. The van der Waals surface area contributed by atoms with Crippen molar-refractivity contribution in [2.45, 2.75) is 40.5 Å². The Morgan fingerprint density at radius 2 is 1.67 bits per heavy atom. The van der Waals surface area contributed by atoms with Gasteiger partial charge in [-0.2, -0.15) is 0 Å². The number of hydrogen-bond acceptors (Lipinski definition) is 6. The van der Waals surface area contributed by atoms with E-state index in [-0.39, 0.29) is 17.4 Å². The van der Waals surface area contributed by atoms with Crippen LogP contribution in [0.15, 0.2) is 0 Å². The SMILES string of the molecule is CCNc1nc(C(C)C)nc(NCCS(=O)(=O)CC)c1C. The minimum Gasteiger partial charge on any atom is -0.370 e. The maximum absolute atomic E-state index is 11.5. The van der Waals surface area contributed by atoms with E-state index in [2.05, 4.69) is 20.6 Å². The molecule has 0 aromatic carbocycles. The average molecular weight is 314 g/mol. The van der Waals surface area contributed by atoms with Crippen molar-refractivity contribution in [3.8, 4) is 0 Å². The fraction of sp³-hybridized carbons (Fsp3) is 0.714. The van der Waals surface area contributed by atoms with E-state index in [9.17, 15) is 8.42 Å². The Labute approximate surface area is 127 Å². The summed E-state index contributed by atoms with van der Waals surface area (Å²) in [6, 6.07) is 0. The van der Waals surface area contributed by atoms with Gasteiger partial charge in [0.1, 0.15) is 17.5 Å².